The Balaban J connectivity index is 1.92. The van der Waals surface area contributed by atoms with Crippen molar-refractivity contribution in [3.05, 3.63) is 29.3 Å². The molecule has 1 aromatic rings. The fraction of sp³-hybridized carbons (Fsp3) is 0.632. The van der Waals surface area contributed by atoms with Gasteiger partial charge in [0.05, 0.1) is 4.90 Å². The number of carbonyl (C=O) groups excluding carboxylic acids is 1. The zero-order valence-electron chi connectivity index (χ0n) is 15.2. The van der Waals surface area contributed by atoms with Gasteiger partial charge in [-0.15, -0.1) is 0 Å². The van der Waals surface area contributed by atoms with Gasteiger partial charge in [0.15, 0.2) is 14.6 Å². The Labute approximate surface area is 161 Å². The third-order valence-electron chi connectivity index (χ3n) is 5.74. The molecule has 1 saturated carbocycles. The van der Waals surface area contributed by atoms with Gasteiger partial charge in [0.2, 0.25) is 5.91 Å². The normalized spacial score (nSPS) is 23.2. The maximum atomic E-state index is 13.5. The van der Waals surface area contributed by atoms with E-state index in [0.717, 1.165) is 32.2 Å². The van der Waals surface area contributed by atoms with Crippen LogP contribution < -0.4 is 5.32 Å². The van der Waals surface area contributed by atoms with Gasteiger partial charge in [0.1, 0.15) is 0 Å². The molecular formula is C19H27ClN2O3S. The minimum Gasteiger partial charge on any atom is -0.341 e. The summed E-state index contributed by atoms with van der Waals surface area (Å²) >= 11 is 5.91. The Morgan fingerprint density at radius 2 is 1.88 bits per heavy atom. The summed E-state index contributed by atoms with van der Waals surface area (Å²) in [5, 5.41) is 3.66. The first-order valence-corrected chi connectivity index (χ1v) is 11.2. The Morgan fingerprint density at radius 3 is 2.50 bits per heavy atom. The van der Waals surface area contributed by atoms with E-state index in [2.05, 4.69) is 5.32 Å². The van der Waals surface area contributed by atoms with E-state index < -0.39 is 14.6 Å². The highest BCUT2D eigenvalue weighted by Crippen LogP contribution is 2.42. The first-order chi connectivity index (χ1) is 12.4. The highest BCUT2D eigenvalue weighted by molar-refractivity contribution is 7.93. The first kappa shape index (κ1) is 19.6. The third-order valence-corrected chi connectivity index (χ3v) is 8.49. The molecule has 5 nitrogen and oxygen atoms in total. The van der Waals surface area contributed by atoms with Crippen LogP contribution in [0.3, 0.4) is 0 Å². The van der Waals surface area contributed by atoms with Gasteiger partial charge >= 0.3 is 0 Å². The molecule has 2 aliphatic rings. The van der Waals surface area contributed by atoms with Crippen molar-refractivity contribution < 1.29 is 13.2 Å². The SMILES string of the molecule is CNC[C@@H]1CCCN(C(=O)C2(S(=O)(=O)c3ccc(Cl)cc3)CCCC2)C1. The van der Waals surface area contributed by atoms with E-state index in [9.17, 15) is 13.2 Å². The highest BCUT2D eigenvalue weighted by Gasteiger charge is 2.54. The molecule has 1 aliphatic carbocycles. The van der Waals surface area contributed by atoms with Crippen LogP contribution in [0.5, 0.6) is 0 Å². The average molecular weight is 399 g/mol. The number of halogens is 1. The average Bonchev–Trinajstić information content (AvgIpc) is 3.14. The van der Waals surface area contributed by atoms with Gasteiger partial charge < -0.3 is 10.2 Å². The molecule has 0 radical (unpaired) electrons. The van der Waals surface area contributed by atoms with Crippen molar-refractivity contribution in [1.29, 1.82) is 0 Å². The summed E-state index contributed by atoms with van der Waals surface area (Å²) in [6, 6.07) is 6.19. The smallest absolute Gasteiger partial charge is 0.244 e. The van der Waals surface area contributed by atoms with Crippen LogP contribution in [-0.2, 0) is 14.6 Å². The monoisotopic (exact) mass is 398 g/mol. The topological polar surface area (TPSA) is 66.5 Å². The van der Waals surface area contributed by atoms with Crippen molar-refractivity contribution >= 4 is 27.3 Å². The first-order valence-electron chi connectivity index (χ1n) is 9.35. The van der Waals surface area contributed by atoms with Crippen LogP contribution in [0.15, 0.2) is 29.2 Å². The number of likely N-dealkylation sites (tertiary alicyclic amines) is 1. The molecule has 1 saturated heterocycles. The number of carbonyl (C=O) groups is 1. The molecule has 26 heavy (non-hydrogen) atoms. The highest BCUT2D eigenvalue weighted by atomic mass is 35.5. The van der Waals surface area contributed by atoms with Crippen molar-refractivity contribution in [3.8, 4) is 0 Å². The van der Waals surface area contributed by atoms with E-state index in [1.807, 2.05) is 7.05 Å². The van der Waals surface area contributed by atoms with E-state index in [1.165, 1.54) is 12.1 Å². The molecule has 1 heterocycles. The van der Waals surface area contributed by atoms with Gasteiger partial charge in [-0.05, 0) is 69.5 Å². The molecule has 1 N–H and O–H groups in total. The minimum atomic E-state index is -3.76. The van der Waals surface area contributed by atoms with Gasteiger partial charge in [0, 0.05) is 18.1 Å². The van der Waals surface area contributed by atoms with E-state index in [0.29, 0.717) is 36.9 Å². The van der Waals surface area contributed by atoms with Crippen molar-refractivity contribution in [3.63, 3.8) is 0 Å². The molecule has 1 aliphatic heterocycles. The van der Waals surface area contributed by atoms with Crippen LogP contribution in [0, 0.1) is 5.92 Å². The van der Waals surface area contributed by atoms with Gasteiger partial charge in [-0.25, -0.2) is 8.42 Å². The summed E-state index contributed by atoms with van der Waals surface area (Å²) in [6.07, 6.45) is 4.35. The Bertz CT molecular complexity index is 741. The van der Waals surface area contributed by atoms with E-state index in [4.69, 9.17) is 11.6 Å². The van der Waals surface area contributed by atoms with Crippen LogP contribution in [0.1, 0.15) is 38.5 Å². The number of sulfone groups is 1. The standard InChI is InChI=1S/C19H27ClN2O3S/c1-21-13-15-5-4-12-22(14-15)18(23)19(10-2-3-11-19)26(24,25)17-8-6-16(20)7-9-17/h6-9,15,21H,2-5,10-14H2,1H3/t15-/m0/s1. The van der Waals surface area contributed by atoms with E-state index in [-0.39, 0.29) is 10.8 Å². The molecule has 0 unspecified atom stereocenters. The van der Waals surface area contributed by atoms with Crippen molar-refractivity contribution in [2.45, 2.75) is 48.2 Å². The second-order valence-electron chi connectivity index (χ2n) is 7.48. The van der Waals surface area contributed by atoms with Crippen molar-refractivity contribution in [1.82, 2.24) is 10.2 Å². The third kappa shape index (κ3) is 3.51. The molecule has 1 aromatic carbocycles. The number of hydrogen-bond acceptors (Lipinski definition) is 4. The second kappa shape index (κ2) is 7.87. The number of amides is 1. The van der Waals surface area contributed by atoms with Gasteiger partial charge in [-0.1, -0.05) is 24.4 Å². The second-order valence-corrected chi connectivity index (χ2v) is 10.2. The largest absolute Gasteiger partial charge is 0.341 e. The maximum Gasteiger partial charge on any atom is 0.244 e. The summed E-state index contributed by atoms with van der Waals surface area (Å²) in [6.45, 7) is 2.13. The Kier molecular flexibility index (Phi) is 5.94. The van der Waals surface area contributed by atoms with Gasteiger partial charge in [-0.2, -0.15) is 0 Å². The molecule has 1 atom stereocenters. The number of benzene rings is 1. The zero-order valence-corrected chi connectivity index (χ0v) is 16.8. The summed E-state index contributed by atoms with van der Waals surface area (Å²) in [5.41, 5.74) is 0. The number of hydrogen-bond donors (Lipinski definition) is 1. The molecule has 0 aromatic heterocycles. The number of rotatable bonds is 5. The van der Waals surface area contributed by atoms with E-state index >= 15 is 0 Å². The lowest BCUT2D eigenvalue weighted by Crippen LogP contribution is -2.55. The lowest BCUT2D eigenvalue weighted by atomic mass is 9.95. The number of nitrogens with one attached hydrogen (secondary N) is 1. The van der Waals surface area contributed by atoms with Crippen LogP contribution in [-0.4, -0.2) is 50.7 Å². The molecule has 144 valence electrons. The Hall–Kier alpha value is -1.11. The molecule has 0 spiro atoms. The van der Waals surface area contributed by atoms with E-state index in [1.54, 1.807) is 17.0 Å². The molecular weight excluding hydrogens is 372 g/mol. The summed E-state index contributed by atoms with van der Waals surface area (Å²) in [4.78, 5) is 15.5. The van der Waals surface area contributed by atoms with Crippen LogP contribution in [0.4, 0.5) is 0 Å². The zero-order chi connectivity index (χ0) is 18.8. The molecule has 1 amide bonds. The summed E-state index contributed by atoms with van der Waals surface area (Å²) in [5.74, 6) is 0.181. The van der Waals surface area contributed by atoms with Crippen LogP contribution in [0.25, 0.3) is 0 Å². The summed E-state index contributed by atoms with van der Waals surface area (Å²) in [7, 11) is -1.85. The predicted octanol–water partition coefficient (Wildman–Crippen LogP) is 2.88. The van der Waals surface area contributed by atoms with Crippen molar-refractivity contribution in [2.24, 2.45) is 5.92 Å². The van der Waals surface area contributed by atoms with Gasteiger partial charge in [-0.3, -0.25) is 4.79 Å². The number of piperidine rings is 1. The molecule has 3 rings (SSSR count). The molecule has 2 fully saturated rings. The summed E-state index contributed by atoms with van der Waals surface area (Å²) < 4.78 is 25.6. The molecule has 7 heteroatoms. The quantitative estimate of drug-likeness (QED) is 0.828. The Morgan fingerprint density at radius 1 is 1.23 bits per heavy atom. The fourth-order valence-corrected chi connectivity index (χ4v) is 6.63. The fourth-order valence-electron chi connectivity index (χ4n) is 4.38. The van der Waals surface area contributed by atoms with Crippen LogP contribution >= 0.6 is 11.6 Å². The van der Waals surface area contributed by atoms with Gasteiger partial charge in [0.25, 0.3) is 0 Å². The lowest BCUT2D eigenvalue weighted by molar-refractivity contribution is -0.135. The molecule has 0 bridgehead atoms. The van der Waals surface area contributed by atoms with Crippen LogP contribution in [0.2, 0.25) is 5.02 Å². The lowest BCUT2D eigenvalue weighted by Gasteiger charge is -2.38. The number of nitrogens with zero attached hydrogens (tertiary/aromatic N) is 1. The minimum absolute atomic E-state index is 0.195. The predicted molar refractivity (Wildman–Crippen MR) is 103 cm³/mol. The maximum absolute atomic E-state index is 13.5. The van der Waals surface area contributed by atoms with Crippen molar-refractivity contribution in [2.75, 3.05) is 26.7 Å².